The SMILES string of the molecule is COc1cc(CCl)ccc1OCc1ncnn1C(C)C. The second kappa shape index (κ2) is 6.61. The van der Waals surface area contributed by atoms with Crippen LogP contribution in [-0.2, 0) is 12.5 Å². The molecule has 0 amide bonds. The molecule has 2 aromatic rings. The standard InChI is InChI=1S/C14H18ClN3O2/c1-10(2)18-14(16-9-17-18)8-20-12-5-4-11(7-15)6-13(12)19-3/h4-6,9-10H,7-8H2,1-3H3. The van der Waals surface area contributed by atoms with E-state index in [-0.39, 0.29) is 6.04 Å². The number of methoxy groups -OCH3 is 1. The quantitative estimate of drug-likeness (QED) is 0.768. The first-order chi connectivity index (χ1) is 9.65. The molecule has 0 atom stereocenters. The molecule has 20 heavy (non-hydrogen) atoms. The Bertz CT molecular complexity index is 569. The van der Waals surface area contributed by atoms with Crippen molar-refractivity contribution in [2.24, 2.45) is 0 Å². The molecule has 1 heterocycles. The molecule has 0 saturated heterocycles. The normalized spacial score (nSPS) is 10.8. The van der Waals surface area contributed by atoms with Crippen LogP contribution in [0.25, 0.3) is 0 Å². The van der Waals surface area contributed by atoms with Gasteiger partial charge in [0.25, 0.3) is 0 Å². The Morgan fingerprint density at radius 2 is 2.10 bits per heavy atom. The Labute approximate surface area is 123 Å². The maximum absolute atomic E-state index is 5.80. The third kappa shape index (κ3) is 3.22. The second-order valence-corrected chi connectivity index (χ2v) is 4.89. The van der Waals surface area contributed by atoms with Crippen LogP contribution >= 0.6 is 11.6 Å². The first kappa shape index (κ1) is 14.7. The van der Waals surface area contributed by atoms with Crippen molar-refractivity contribution in [3.05, 3.63) is 35.9 Å². The molecule has 0 radical (unpaired) electrons. The maximum atomic E-state index is 5.80. The van der Waals surface area contributed by atoms with E-state index in [9.17, 15) is 0 Å². The summed E-state index contributed by atoms with van der Waals surface area (Å²) in [5, 5.41) is 4.17. The lowest BCUT2D eigenvalue weighted by atomic mass is 10.2. The summed E-state index contributed by atoms with van der Waals surface area (Å²) in [5.74, 6) is 2.56. The lowest BCUT2D eigenvalue weighted by molar-refractivity contribution is 0.266. The van der Waals surface area contributed by atoms with Crippen molar-refractivity contribution >= 4 is 11.6 Å². The van der Waals surface area contributed by atoms with Gasteiger partial charge < -0.3 is 9.47 Å². The molecule has 0 N–H and O–H groups in total. The molecule has 108 valence electrons. The lowest BCUT2D eigenvalue weighted by Gasteiger charge is -2.13. The van der Waals surface area contributed by atoms with Gasteiger partial charge in [-0.3, -0.25) is 0 Å². The van der Waals surface area contributed by atoms with E-state index in [1.807, 2.05) is 36.7 Å². The molecule has 1 aromatic carbocycles. The molecule has 0 aliphatic rings. The molecule has 0 spiro atoms. The van der Waals surface area contributed by atoms with Crippen LogP contribution in [0.5, 0.6) is 11.5 Å². The highest BCUT2D eigenvalue weighted by Gasteiger charge is 2.10. The van der Waals surface area contributed by atoms with Gasteiger partial charge in [0.2, 0.25) is 0 Å². The smallest absolute Gasteiger partial charge is 0.165 e. The van der Waals surface area contributed by atoms with E-state index < -0.39 is 0 Å². The zero-order valence-corrected chi connectivity index (χ0v) is 12.6. The Morgan fingerprint density at radius 3 is 2.75 bits per heavy atom. The van der Waals surface area contributed by atoms with Crippen molar-refractivity contribution in [3.63, 3.8) is 0 Å². The van der Waals surface area contributed by atoms with E-state index >= 15 is 0 Å². The maximum Gasteiger partial charge on any atom is 0.165 e. The summed E-state index contributed by atoms with van der Waals surface area (Å²) in [6.45, 7) is 4.44. The number of alkyl halides is 1. The van der Waals surface area contributed by atoms with Gasteiger partial charge in [-0.2, -0.15) is 5.10 Å². The number of hydrogen-bond donors (Lipinski definition) is 0. The van der Waals surface area contributed by atoms with E-state index in [1.54, 1.807) is 7.11 Å². The second-order valence-electron chi connectivity index (χ2n) is 4.62. The predicted octanol–water partition coefficient (Wildman–Crippen LogP) is 3.19. The van der Waals surface area contributed by atoms with Crippen LogP contribution in [0.4, 0.5) is 0 Å². The first-order valence-electron chi connectivity index (χ1n) is 6.39. The van der Waals surface area contributed by atoms with Crippen molar-refractivity contribution in [1.29, 1.82) is 0 Å². The molecular weight excluding hydrogens is 278 g/mol. The molecule has 0 aliphatic heterocycles. The number of aromatic nitrogens is 3. The van der Waals surface area contributed by atoms with Gasteiger partial charge in [-0.1, -0.05) is 6.07 Å². The largest absolute Gasteiger partial charge is 0.493 e. The van der Waals surface area contributed by atoms with Crippen LogP contribution in [0.2, 0.25) is 0 Å². The molecule has 0 unspecified atom stereocenters. The Morgan fingerprint density at radius 1 is 1.30 bits per heavy atom. The summed E-state index contributed by atoms with van der Waals surface area (Å²) in [4.78, 5) is 4.21. The third-order valence-electron chi connectivity index (χ3n) is 2.88. The van der Waals surface area contributed by atoms with Crippen LogP contribution in [0.3, 0.4) is 0 Å². The number of ether oxygens (including phenoxy) is 2. The summed E-state index contributed by atoms with van der Waals surface area (Å²) < 4.78 is 12.9. The van der Waals surface area contributed by atoms with E-state index in [0.29, 0.717) is 24.0 Å². The Balaban J connectivity index is 2.12. The fourth-order valence-electron chi connectivity index (χ4n) is 1.87. The van der Waals surface area contributed by atoms with Crippen molar-refractivity contribution < 1.29 is 9.47 Å². The van der Waals surface area contributed by atoms with Crippen LogP contribution in [-0.4, -0.2) is 21.9 Å². The molecule has 6 heteroatoms. The minimum Gasteiger partial charge on any atom is -0.493 e. The average molecular weight is 296 g/mol. The molecule has 0 aliphatic carbocycles. The van der Waals surface area contributed by atoms with Crippen LogP contribution in [0.1, 0.15) is 31.3 Å². The number of rotatable bonds is 6. The van der Waals surface area contributed by atoms with Gasteiger partial charge in [-0.05, 0) is 31.5 Å². The number of benzene rings is 1. The first-order valence-corrected chi connectivity index (χ1v) is 6.93. The van der Waals surface area contributed by atoms with Gasteiger partial charge in [0.15, 0.2) is 17.3 Å². The van der Waals surface area contributed by atoms with E-state index in [4.69, 9.17) is 21.1 Å². The monoisotopic (exact) mass is 295 g/mol. The van der Waals surface area contributed by atoms with Crippen LogP contribution < -0.4 is 9.47 Å². The fraction of sp³-hybridized carbons (Fsp3) is 0.429. The van der Waals surface area contributed by atoms with Gasteiger partial charge in [-0.25, -0.2) is 9.67 Å². The van der Waals surface area contributed by atoms with Crippen molar-refractivity contribution in [1.82, 2.24) is 14.8 Å². The summed E-state index contributed by atoms with van der Waals surface area (Å²) in [6.07, 6.45) is 1.53. The lowest BCUT2D eigenvalue weighted by Crippen LogP contribution is -2.11. The predicted molar refractivity (Wildman–Crippen MR) is 77.3 cm³/mol. The fourth-order valence-corrected chi connectivity index (χ4v) is 2.03. The third-order valence-corrected chi connectivity index (χ3v) is 3.18. The van der Waals surface area contributed by atoms with Crippen LogP contribution in [0, 0.1) is 0 Å². The molecular formula is C14H18ClN3O2. The van der Waals surface area contributed by atoms with Crippen molar-refractivity contribution in [2.45, 2.75) is 32.4 Å². The van der Waals surface area contributed by atoms with Gasteiger partial charge in [0, 0.05) is 11.9 Å². The molecule has 0 fully saturated rings. The number of nitrogens with zero attached hydrogens (tertiary/aromatic N) is 3. The summed E-state index contributed by atoms with van der Waals surface area (Å²) in [6, 6.07) is 5.89. The molecule has 5 nitrogen and oxygen atoms in total. The molecule has 2 rings (SSSR count). The highest BCUT2D eigenvalue weighted by atomic mass is 35.5. The topological polar surface area (TPSA) is 49.2 Å². The van der Waals surface area contributed by atoms with E-state index in [0.717, 1.165) is 11.4 Å². The van der Waals surface area contributed by atoms with Crippen molar-refractivity contribution in [2.75, 3.05) is 7.11 Å². The number of hydrogen-bond acceptors (Lipinski definition) is 4. The minimum atomic E-state index is 0.247. The van der Waals surface area contributed by atoms with Gasteiger partial charge in [0.1, 0.15) is 12.9 Å². The van der Waals surface area contributed by atoms with E-state index in [1.165, 1.54) is 6.33 Å². The molecule has 0 saturated carbocycles. The van der Waals surface area contributed by atoms with Crippen molar-refractivity contribution in [3.8, 4) is 11.5 Å². The molecule has 1 aromatic heterocycles. The average Bonchev–Trinajstić information content (AvgIpc) is 2.93. The zero-order valence-electron chi connectivity index (χ0n) is 11.8. The highest BCUT2D eigenvalue weighted by Crippen LogP contribution is 2.29. The minimum absolute atomic E-state index is 0.247. The van der Waals surface area contributed by atoms with Gasteiger partial charge >= 0.3 is 0 Å². The van der Waals surface area contributed by atoms with E-state index in [2.05, 4.69) is 10.1 Å². The summed E-state index contributed by atoms with van der Waals surface area (Å²) in [5.41, 5.74) is 0.987. The Kier molecular flexibility index (Phi) is 4.84. The Hall–Kier alpha value is -1.75. The van der Waals surface area contributed by atoms with Gasteiger partial charge in [0.05, 0.1) is 7.11 Å². The molecule has 0 bridgehead atoms. The number of halogens is 1. The summed E-state index contributed by atoms with van der Waals surface area (Å²) in [7, 11) is 1.61. The summed E-state index contributed by atoms with van der Waals surface area (Å²) >= 11 is 5.80. The van der Waals surface area contributed by atoms with Crippen LogP contribution in [0.15, 0.2) is 24.5 Å². The highest BCUT2D eigenvalue weighted by molar-refractivity contribution is 6.17. The zero-order chi connectivity index (χ0) is 14.5. The van der Waals surface area contributed by atoms with Gasteiger partial charge in [-0.15, -0.1) is 11.6 Å².